The first-order chi connectivity index (χ1) is 12.5. The Bertz CT molecular complexity index is 863. The number of ether oxygens (including phenoxy) is 2. The minimum Gasteiger partial charge on any atom is -0.463 e. The molecule has 2 aromatic rings. The van der Waals surface area contributed by atoms with Gasteiger partial charge in [-0.3, -0.25) is 0 Å². The second-order valence-corrected chi connectivity index (χ2v) is 6.05. The fourth-order valence-electron chi connectivity index (χ4n) is 2.86. The molecule has 0 aromatic heterocycles. The molecule has 1 unspecified atom stereocenters. The van der Waals surface area contributed by atoms with Gasteiger partial charge < -0.3 is 9.47 Å². The minimum atomic E-state index is -1.59. The maximum absolute atomic E-state index is 12.8. The van der Waals surface area contributed by atoms with Crippen LogP contribution in [0.5, 0.6) is 0 Å². The number of carbonyl (C=O) groups excluding carboxylic acids is 2. The standard InChI is InChI=1S/C22H20O4/c1-3-25-21(24)22(14-13-17-7-5-4-6-8-17)19(15-20(23)26-22)18-11-9-16(2)10-12-18/h4-15H,3H2,1-2H3/b14-13+. The van der Waals surface area contributed by atoms with E-state index < -0.39 is 17.5 Å². The maximum atomic E-state index is 12.8. The molecule has 26 heavy (non-hydrogen) atoms. The average Bonchev–Trinajstić information content (AvgIpc) is 2.99. The molecule has 0 spiro atoms. The van der Waals surface area contributed by atoms with Gasteiger partial charge in [0.15, 0.2) is 0 Å². The van der Waals surface area contributed by atoms with Crippen molar-refractivity contribution < 1.29 is 19.1 Å². The van der Waals surface area contributed by atoms with Crippen LogP contribution in [0.1, 0.15) is 23.6 Å². The molecule has 3 rings (SSSR count). The molecule has 1 aliphatic rings. The third-order valence-electron chi connectivity index (χ3n) is 4.18. The number of rotatable bonds is 5. The summed E-state index contributed by atoms with van der Waals surface area (Å²) < 4.78 is 10.7. The molecule has 1 heterocycles. The van der Waals surface area contributed by atoms with E-state index in [1.165, 1.54) is 6.08 Å². The van der Waals surface area contributed by atoms with E-state index in [2.05, 4.69) is 0 Å². The predicted molar refractivity (Wildman–Crippen MR) is 100 cm³/mol. The van der Waals surface area contributed by atoms with E-state index in [-0.39, 0.29) is 6.61 Å². The fourth-order valence-corrected chi connectivity index (χ4v) is 2.86. The highest BCUT2D eigenvalue weighted by molar-refractivity contribution is 6.11. The van der Waals surface area contributed by atoms with Crippen LogP contribution in [0.3, 0.4) is 0 Å². The monoisotopic (exact) mass is 348 g/mol. The van der Waals surface area contributed by atoms with Crippen LogP contribution in [-0.4, -0.2) is 24.1 Å². The molecule has 0 N–H and O–H groups in total. The van der Waals surface area contributed by atoms with Crippen molar-refractivity contribution in [3.63, 3.8) is 0 Å². The molecule has 0 amide bonds. The molecular weight excluding hydrogens is 328 g/mol. The van der Waals surface area contributed by atoms with E-state index in [9.17, 15) is 9.59 Å². The van der Waals surface area contributed by atoms with E-state index >= 15 is 0 Å². The summed E-state index contributed by atoms with van der Waals surface area (Å²) in [6, 6.07) is 17.1. The summed E-state index contributed by atoms with van der Waals surface area (Å²) in [7, 11) is 0. The molecule has 0 saturated heterocycles. The smallest absolute Gasteiger partial charge is 0.359 e. The molecular formula is C22H20O4. The van der Waals surface area contributed by atoms with Crippen molar-refractivity contribution in [2.45, 2.75) is 19.4 Å². The number of carbonyl (C=O) groups is 2. The molecule has 0 saturated carbocycles. The van der Waals surface area contributed by atoms with Crippen molar-refractivity contribution in [3.05, 3.63) is 83.4 Å². The summed E-state index contributed by atoms with van der Waals surface area (Å²) >= 11 is 0. The van der Waals surface area contributed by atoms with Gasteiger partial charge in [-0.05, 0) is 31.1 Å². The first-order valence-corrected chi connectivity index (χ1v) is 8.49. The van der Waals surface area contributed by atoms with E-state index in [1.54, 1.807) is 19.1 Å². The van der Waals surface area contributed by atoms with Gasteiger partial charge in [0, 0.05) is 11.6 Å². The van der Waals surface area contributed by atoms with E-state index in [0.29, 0.717) is 5.57 Å². The Morgan fingerprint density at radius 1 is 1.12 bits per heavy atom. The van der Waals surface area contributed by atoms with E-state index in [4.69, 9.17) is 9.47 Å². The maximum Gasteiger partial charge on any atom is 0.359 e. The minimum absolute atomic E-state index is 0.193. The Labute approximate surface area is 152 Å². The molecule has 0 bridgehead atoms. The number of cyclic esters (lactones) is 1. The lowest BCUT2D eigenvalue weighted by molar-refractivity contribution is -0.165. The van der Waals surface area contributed by atoms with Crippen LogP contribution in [0, 0.1) is 6.92 Å². The van der Waals surface area contributed by atoms with Gasteiger partial charge in [0.05, 0.1) is 6.61 Å². The summed E-state index contributed by atoms with van der Waals surface area (Å²) in [4.78, 5) is 24.9. The van der Waals surface area contributed by atoms with Crippen LogP contribution in [0.25, 0.3) is 11.6 Å². The second-order valence-electron chi connectivity index (χ2n) is 6.05. The van der Waals surface area contributed by atoms with Crippen molar-refractivity contribution >= 4 is 23.6 Å². The molecule has 2 aromatic carbocycles. The largest absolute Gasteiger partial charge is 0.463 e. The fraction of sp³-hybridized carbons (Fsp3) is 0.182. The van der Waals surface area contributed by atoms with Crippen LogP contribution in [-0.2, 0) is 19.1 Å². The normalized spacial score (nSPS) is 19.3. The molecule has 4 heteroatoms. The Hall–Kier alpha value is -3.14. The Kier molecular flexibility index (Phi) is 5.03. The average molecular weight is 348 g/mol. The van der Waals surface area contributed by atoms with Crippen LogP contribution in [0.2, 0.25) is 0 Å². The third-order valence-corrected chi connectivity index (χ3v) is 4.18. The molecule has 0 aliphatic carbocycles. The van der Waals surface area contributed by atoms with Gasteiger partial charge in [0.25, 0.3) is 5.60 Å². The number of benzene rings is 2. The first kappa shape index (κ1) is 17.7. The highest BCUT2D eigenvalue weighted by Crippen LogP contribution is 2.39. The topological polar surface area (TPSA) is 52.6 Å². The van der Waals surface area contributed by atoms with Crippen molar-refractivity contribution in [1.82, 2.24) is 0 Å². The molecule has 4 nitrogen and oxygen atoms in total. The van der Waals surface area contributed by atoms with Gasteiger partial charge in [-0.1, -0.05) is 66.2 Å². The number of aryl methyl sites for hydroxylation is 1. The lowest BCUT2D eigenvalue weighted by Crippen LogP contribution is -2.40. The molecule has 0 fully saturated rings. The zero-order chi connectivity index (χ0) is 18.6. The Morgan fingerprint density at radius 3 is 2.46 bits per heavy atom. The van der Waals surface area contributed by atoms with E-state index in [0.717, 1.165) is 16.7 Å². The van der Waals surface area contributed by atoms with Gasteiger partial charge in [0.1, 0.15) is 0 Å². The Morgan fingerprint density at radius 2 is 1.81 bits per heavy atom. The highest BCUT2D eigenvalue weighted by Gasteiger charge is 2.50. The van der Waals surface area contributed by atoms with Gasteiger partial charge in [0.2, 0.25) is 0 Å². The van der Waals surface area contributed by atoms with Crippen molar-refractivity contribution in [1.29, 1.82) is 0 Å². The number of esters is 2. The zero-order valence-corrected chi connectivity index (χ0v) is 14.8. The lowest BCUT2D eigenvalue weighted by Gasteiger charge is -2.26. The van der Waals surface area contributed by atoms with Gasteiger partial charge in [-0.2, -0.15) is 0 Å². The predicted octanol–water partition coefficient (Wildman–Crippen LogP) is 3.95. The molecule has 0 radical (unpaired) electrons. The quantitative estimate of drug-likeness (QED) is 0.768. The van der Waals surface area contributed by atoms with Crippen molar-refractivity contribution in [2.75, 3.05) is 6.61 Å². The summed E-state index contributed by atoms with van der Waals surface area (Å²) in [6.45, 7) is 3.89. The van der Waals surface area contributed by atoms with Crippen LogP contribution in [0.4, 0.5) is 0 Å². The highest BCUT2D eigenvalue weighted by atomic mass is 16.6. The summed E-state index contributed by atoms with van der Waals surface area (Å²) in [5.41, 5.74) is 1.61. The third kappa shape index (κ3) is 3.45. The molecule has 1 atom stereocenters. The van der Waals surface area contributed by atoms with Crippen LogP contribution >= 0.6 is 0 Å². The van der Waals surface area contributed by atoms with E-state index in [1.807, 2.05) is 61.5 Å². The van der Waals surface area contributed by atoms with Crippen molar-refractivity contribution in [2.24, 2.45) is 0 Å². The Balaban J connectivity index is 2.08. The van der Waals surface area contributed by atoms with Gasteiger partial charge in [-0.15, -0.1) is 0 Å². The first-order valence-electron chi connectivity index (χ1n) is 8.49. The van der Waals surface area contributed by atoms with Gasteiger partial charge in [-0.25, -0.2) is 9.59 Å². The zero-order valence-electron chi connectivity index (χ0n) is 14.8. The summed E-state index contributed by atoms with van der Waals surface area (Å²) in [5.74, 6) is -1.17. The van der Waals surface area contributed by atoms with Crippen molar-refractivity contribution in [3.8, 4) is 0 Å². The van der Waals surface area contributed by atoms with Crippen LogP contribution in [0.15, 0.2) is 66.7 Å². The second kappa shape index (κ2) is 7.40. The SMILES string of the molecule is CCOC(=O)C1(/C=C/c2ccccc2)OC(=O)C=C1c1ccc(C)cc1. The van der Waals surface area contributed by atoms with Crippen LogP contribution < -0.4 is 0 Å². The summed E-state index contributed by atoms with van der Waals surface area (Å²) in [5, 5.41) is 0. The summed E-state index contributed by atoms with van der Waals surface area (Å²) in [6.07, 6.45) is 4.71. The number of hydrogen-bond acceptors (Lipinski definition) is 4. The molecule has 1 aliphatic heterocycles. The lowest BCUT2D eigenvalue weighted by atomic mass is 9.87. The molecule has 132 valence electrons. The number of hydrogen-bond donors (Lipinski definition) is 0. The van der Waals surface area contributed by atoms with Gasteiger partial charge >= 0.3 is 11.9 Å².